The van der Waals surface area contributed by atoms with Crippen LogP contribution in [-0.4, -0.2) is 22.6 Å². The number of nitrogens with one attached hydrogen (secondary N) is 1. The van der Waals surface area contributed by atoms with Gasteiger partial charge >= 0.3 is 0 Å². The highest BCUT2D eigenvalue weighted by atomic mass is 16.5. The van der Waals surface area contributed by atoms with Crippen molar-refractivity contribution in [3.8, 4) is 23.0 Å². The van der Waals surface area contributed by atoms with E-state index in [9.17, 15) is 9.90 Å². The molecule has 0 bridgehead atoms. The molecule has 0 spiro atoms. The third kappa shape index (κ3) is 4.21. The fraction of sp³-hybridized carbons (Fsp3) is 0.130. The second kappa shape index (κ2) is 7.67. The molecule has 3 aromatic carbocycles. The van der Waals surface area contributed by atoms with Crippen LogP contribution in [0.4, 0.5) is 5.69 Å². The summed E-state index contributed by atoms with van der Waals surface area (Å²) in [5.74, 6) is 0.617. The second-order valence-electron chi connectivity index (χ2n) is 6.87. The first-order chi connectivity index (χ1) is 14.0. The topological polar surface area (TPSA) is 84.6 Å². The van der Waals surface area contributed by atoms with Crippen molar-refractivity contribution in [2.45, 2.75) is 13.8 Å². The van der Waals surface area contributed by atoms with Crippen molar-refractivity contribution in [3.05, 3.63) is 71.8 Å². The molecule has 1 amide bonds. The zero-order valence-electron chi connectivity index (χ0n) is 16.1. The smallest absolute Gasteiger partial charge is 0.262 e. The molecule has 6 nitrogen and oxygen atoms in total. The van der Waals surface area contributed by atoms with Gasteiger partial charge in [0.05, 0.1) is 5.56 Å². The van der Waals surface area contributed by atoms with E-state index in [2.05, 4.69) is 10.3 Å². The molecule has 146 valence electrons. The van der Waals surface area contributed by atoms with Gasteiger partial charge in [-0.1, -0.05) is 23.8 Å². The minimum absolute atomic E-state index is 0.0159. The maximum absolute atomic E-state index is 12.2. The van der Waals surface area contributed by atoms with E-state index in [0.717, 1.165) is 11.1 Å². The quantitative estimate of drug-likeness (QED) is 0.478. The largest absolute Gasteiger partial charge is 0.507 e. The minimum atomic E-state index is -0.310. The summed E-state index contributed by atoms with van der Waals surface area (Å²) in [5.41, 5.74) is 4.43. The molecule has 4 aromatic rings. The van der Waals surface area contributed by atoms with Crippen molar-refractivity contribution in [3.63, 3.8) is 0 Å². The maximum Gasteiger partial charge on any atom is 0.262 e. The molecule has 4 rings (SSSR count). The number of nitrogens with zero attached hydrogens (tertiary/aromatic N) is 1. The van der Waals surface area contributed by atoms with Crippen molar-refractivity contribution in [1.82, 2.24) is 4.98 Å². The Morgan fingerprint density at radius 1 is 1.03 bits per heavy atom. The van der Waals surface area contributed by atoms with Gasteiger partial charge in [0.1, 0.15) is 17.0 Å². The number of phenols is 1. The number of anilines is 1. The number of aryl methyl sites for hydroxylation is 2. The predicted molar refractivity (Wildman–Crippen MR) is 111 cm³/mol. The van der Waals surface area contributed by atoms with Gasteiger partial charge < -0.3 is 19.6 Å². The van der Waals surface area contributed by atoms with Crippen LogP contribution >= 0.6 is 0 Å². The molecule has 0 fully saturated rings. The van der Waals surface area contributed by atoms with Crippen LogP contribution in [0, 0.1) is 13.8 Å². The number of aromatic hydroxyl groups is 1. The number of oxazole rings is 1. The lowest BCUT2D eigenvalue weighted by Crippen LogP contribution is -2.20. The Labute approximate surface area is 167 Å². The molecule has 0 atom stereocenters. The Kier molecular flexibility index (Phi) is 4.91. The number of aromatic nitrogens is 1. The van der Waals surface area contributed by atoms with Crippen LogP contribution in [0.15, 0.2) is 65.1 Å². The molecule has 6 heteroatoms. The summed E-state index contributed by atoms with van der Waals surface area (Å²) >= 11 is 0. The number of hydrogen-bond acceptors (Lipinski definition) is 5. The monoisotopic (exact) mass is 388 g/mol. The van der Waals surface area contributed by atoms with E-state index < -0.39 is 0 Å². The summed E-state index contributed by atoms with van der Waals surface area (Å²) in [6, 6.07) is 17.9. The Hall–Kier alpha value is -3.80. The van der Waals surface area contributed by atoms with Gasteiger partial charge in [0.25, 0.3) is 5.91 Å². The van der Waals surface area contributed by atoms with Gasteiger partial charge in [0, 0.05) is 5.69 Å². The number of ether oxygens (including phenoxy) is 1. The van der Waals surface area contributed by atoms with Gasteiger partial charge in [0.15, 0.2) is 12.2 Å². The van der Waals surface area contributed by atoms with Crippen LogP contribution in [0.3, 0.4) is 0 Å². The van der Waals surface area contributed by atoms with Crippen LogP contribution in [-0.2, 0) is 4.79 Å². The number of carbonyl (C=O) groups is 1. The highest BCUT2D eigenvalue weighted by molar-refractivity contribution is 5.93. The van der Waals surface area contributed by atoms with Gasteiger partial charge in [-0.15, -0.1) is 0 Å². The molecule has 0 saturated heterocycles. The van der Waals surface area contributed by atoms with Crippen molar-refractivity contribution < 1.29 is 19.1 Å². The number of hydrogen-bond donors (Lipinski definition) is 2. The Bertz CT molecular complexity index is 1180. The molecular formula is C23H20N2O4. The fourth-order valence-corrected chi connectivity index (χ4v) is 2.92. The van der Waals surface area contributed by atoms with E-state index in [1.165, 1.54) is 6.07 Å². The van der Waals surface area contributed by atoms with E-state index in [1.54, 1.807) is 12.1 Å². The Balaban J connectivity index is 1.50. The molecule has 29 heavy (non-hydrogen) atoms. The summed E-state index contributed by atoms with van der Waals surface area (Å²) in [7, 11) is 0. The first-order valence-corrected chi connectivity index (χ1v) is 9.18. The number of phenolic OH excluding ortho intramolecular Hbond substituents is 1. The Morgan fingerprint density at radius 3 is 2.59 bits per heavy atom. The lowest BCUT2D eigenvalue weighted by Gasteiger charge is -2.09. The summed E-state index contributed by atoms with van der Waals surface area (Å²) in [6.07, 6.45) is 0. The maximum atomic E-state index is 12.2. The van der Waals surface area contributed by atoms with Crippen molar-refractivity contribution in [2.24, 2.45) is 0 Å². The van der Waals surface area contributed by atoms with Crippen LogP contribution in [0.2, 0.25) is 0 Å². The molecule has 0 unspecified atom stereocenters. The predicted octanol–water partition coefficient (Wildman–Crippen LogP) is 4.83. The normalized spacial score (nSPS) is 10.8. The second-order valence-corrected chi connectivity index (χ2v) is 6.87. The van der Waals surface area contributed by atoms with Crippen molar-refractivity contribution in [1.29, 1.82) is 0 Å². The Morgan fingerprint density at radius 2 is 1.79 bits per heavy atom. The summed E-state index contributed by atoms with van der Waals surface area (Å²) < 4.78 is 11.2. The van der Waals surface area contributed by atoms with E-state index in [4.69, 9.17) is 9.15 Å². The minimum Gasteiger partial charge on any atom is -0.507 e. The number of fused-ring (bicyclic) bond motifs is 1. The summed E-state index contributed by atoms with van der Waals surface area (Å²) in [6.45, 7) is 3.83. The third-order valence-corrected chi connectivity index (χ3v) is 4.44. The zero-order valence-corrected chi connectivity index (χ0v) is 16.1. The highest BCUT2D eigenvalue weighted by Crippen LogP contribution is 2.33. The van der Waals surface area contributed by atoms with Crippen LogP contribution in [0.1, 0.15) is 11.1 Å². The van der Waals surface area contributed by atoms with Crippen molar-refractivity contribution >= 4 is 22.7 Å². The SMILES string of the molecule is Cc1ccc(OCC(=O)Nc2ccc(O)c(-c3nc4cc(C)ccc4o3)c2)cc1. The van der Waals surface area contributed by atoms with Gasteiger partial charge in [-0.05, 0) is 61.9 Å². The van der Waals surface area contributed by atoms with E-state index in [0.29, 0.717) is 28.1 Å². The molecular weight excluding hydrogens is 368 g/mol. The molecule has 0 radical (unpaired) electrons. The molecule has 0 saturated carbocycles. The molecule has 0 aliphatic heterocycles. The van der Waals surface area contributed by atoms with Gasteiger partial charge in [-0.25, -0.2) is 4.98 Å². The molecule has 1 aromatic heterocycles. The molecule has 0 aliphatic rings. The fourth-order valence-electron chi connectivity index (χ4n) is 2.92. The molecule has 2 N–H and O–H groups in total. The van der Waals surface area contributed by atoms with Gasteiger partial charge in [-0.2, -0.15) is 0 Å². The lowest BCUT2D eigenvalue weighted by molar-refractivity contribution is -0.118. The number of amides is 1. The average Bonchev–Trinajstić information content (AvgIpc) is 3.12. The van der Waals surface area contributed by atoms with Crippen LogP contribution in [0.5, 0.6) is 11.5 Å². The first-order valence-electron chi connectivity index (χ1n) is 9.18. The van der Waals surface area contributed by atoms with Crippen LogP contribution < -0.4 is 10.1 Å². The summed E-state index contributed by atoms with van der Waals surface area (Å²) in [4.78, 5) is 16.7. The van der Waals surface area contributed by atoms with E-state index in [1.807, 2.05) is 56.3 Å². The standard InChI is InChI=1S/C23H20N2O4/c1-14-3-7-17(8-4-14)28-13-22(27)24-16-6-9-20(26)18(12-16)23-25-19-11-15(2)5-10-21(19)29-23/h3-12,26H,13H2,1-2H3,(H,24,27). The third-order valence-electron chi connectivity index (χ3n) is 4.44. The van der Waals surface area contributed by atoms with Gasteiger partial charge in [0.2, 0.25) is 5.89 Å². The highest BCUT2D eigenvalue weighted by Gasteiger charge is 2.14. The zero-order chi connectivity index (χ0) is 20.4. The molecule has 0 aliphatic carbocycles. The number of carbonyl (C=O) groups excluding carboxylic acids is 1. The number of rotatable bonds is 5. The molecule has 1 heterocycles. The van der Waals surface area contributed by atoms with E-state index in [-0.39, 0.29) is 24.2 Å². The van der Waals surface area contributed by atoms with Gasteiger partial charge in [-0.3, -0.25) is 4.79 Å². The van der Waals surface area contributed by atoms with Crippen molar-refractivity contribution in [2.75, 3.05) is 11.9 Å². The first kappa shape index (κ1) is 18.6. The average molecular weight is 388 g/mol. The number of benzene rings is 3. The van der Waals surface area contributed by atoms with Crippen LogP contribution in [0.25, 0.3) is 22.6 Å². The van der Waals surface area contributed by atoms with E-state index >= 15 is 0 Å². The lowest BCUT2D eigenvalue weighted by atomic mass is 10.1. The summed E-state index contributed by atoms with van der Waals surface area (Å²) in [5, 5.41) is 13.0.